The van der Waals surface area contributed by atoms with Gasteiger partial charge in [0.05, 0.1) is 12.2 Å². The zero-order chi connectivity index (χ0) is 15.2. The highest BCUT2D eigenvalue weighted by Gasteiger charge is 2.34. The maximum atomic E-state index is 12.2. The average molecular weight is 274 g/mol. The summed E-state index contributed by atoms with van der Waals surface area (Å²) in [4.78, 5) is 12.2. The molecule has 0 aliphatic carbocycles. The van der Waals surface area contributed by atoms with Gasteiger partial charge in [0.25, 0.3) is 0 Å². The minimum Gasteiger partial charge on any atom is -0.491 e. The number of carbonyl (C=O) groups excluding carboxylic acids is 1. The van der Waals surface area contributed by atoms with Crippen LogP contribution < -0.4 is 10.1 Å². The van der Waals surface area contributed by atoms with Crippen LogP contribution in [0, 0.1) is 16.7 Å². The quantitative estimate of drug-likeness (QED) is 0.859. The van der Waals surface area contributed by atoms with Gasteiger partial charge in [-0.15, -0.1) is 0 Å². The van der Waals surface area contributed by atoms with Gasteiger partial charge in [-0.2, -0.15) is 5.26 Å². The number of nitrogens with zero attached hydrogens (tertiary/aromatic N) is 1. The Bertz CT molecular complexity index is 482. The van der Waals surface area contributed by atoms with Crippen molar-refractivity contribution >= 4 is 11.6 Å². The molecule has 4 heteroatoms. The van der Waals surface area contributed by atoms with E-state index in [1.54, 1.807) is 12.1 Å². The van der Waals surface area contributed by atoms with E-state index in [0.29, 0.717) is 18.5 Å². The van der Waals surface area contributed by atoms with Gasteiger partial charge in [0.1, 0.15) is 11.2 Å². The number of amides is 1. The molecular formula is C16H22N2O2. The number of carbonyl (C=O) groups is 1. The molecule has 20 heavy (non-hydrogen) atoms. The van der Waals surface area contributed by atoms with E-state index in [1.165, 1.54) is 0 Å². The summed E-state index contributed by atoms with van der Waals surface area (Å²) in [6.45, 7) is 7.62. The third-order valence-electron chi connectivity index (χ3n) is 3.34. The molecule has 1 aromatic carbocycles. The molecule has 0 saturated carbocycles. The molecule has 4 nitrogen and oxygen atoms in total. The van der Waals surface area contributed by atoms with Crippen molar-refractivity contribution in [2.24, 2.45) is 5.41 Å². The summed E-state index contributed by atoms with van der Waals surface area (Å²) in [6, 6.07) is 9.31. The van der Waals surface area contributed by atoms with E-state index >= 15 is 0 Å². The first kappa shape index (κ1) is 16.0. The van der Waals surface area contributed by atoms with Crippen LogP contribution >= 0.6 is 0 Å². The van der Waals surface area contributed by atoms with E-state index < -0.39 is 5.41 Å². The Hall–Kier alpha value is -2.02. The monoisotopic (exact) mass is 274 g/mol. The lowest BCUT2D eigenvalue weighted by atomic mass is 9.83. The van der Waals surface area contributed by atoms with E-state index in [9.17, 15) is 10.1 Å². The molecule has 0 saturated heterocycles. The predicted octanol–water partition coefficient (Wildman–Crippen LogP) is 3.74. The van der Waals surface area contributed by atoms with Gasteiger partial charge in [-0.1, -0.05) is 13.8 Å². The molecular weight excluding hydrogens is 252 g/mol. The van der Waals surface area contributed by atoms with E-state index in [2.05, 4.69) is 11.4 Å². The zero-order valence-corrected chi connectivity index (χ0v) is 12.6. The first-order valence-electron chi connectivity index (χ1n) is 6.96. The molecule has 1 aromatic rings. The van der Waals surface area contributed by atoms with E-state index in [1.807, 2.05) is 39.8 Å². The Morgan fingerprint density at radius 2 is 1.85 bits per heavy atom. The van der Waals surface area contributed by atoms with Crippen LogP contribution in [0.2, 0.25) is 0 Å². The second kappa shape index (κ2) is 6.95. The fourth-order valence-electron chi connectivity index (χ4n) is 1.92. The van der Waals surface area contributed by atoms with Gasteiger partial charge < -0.3 is 10.1 Å². The summed E-state index contributed by atoms with van der Waals surface area (Å²) in [5, 5.41) is 12.0. The Balaban J connectivity index is 2.79. The molecule has 0 heterocycles. The van der Waals surface area contributed by atoms with Gasteiger partial charge in [-0.05, 0) is 51.0 Å². The number of nitriles is 1. The molecule has 0 radical (unpaired) electrons. The van der Waals surface area contributed by atoms with E-state index in [-0.39, 0.29) is 12.0 Å². The number of hydrogen-bond donors (Lipinski definition) is 1. The Kier molecular flexibility index (Phi) is 5.57. The molecule has 0 aliphatic rings. The maximum absolute atomic E-state index is 12.2. The Labute approximate surface area is 120 Å². The number of ether oxygens (including phenoxy) is 1. The lowest BCUT2D eigenvalue weighted by Crippen LogP contribution is -2.33. The first-order chi connectivity index (χ1) is 9.47. The summed E-state index contributed by atoms with van der Waals surface area (Å²) in [5.41, 5.74) is -0.278. The fourth-order valence-corrected chi connectivity index (χ4v) is 1.92. The first-order valence-corrected chi connectivity index (χ1v) is 6.96. The van der Waals surface area contributed by atoms with Crippen molar-refractivity contribution in [1.29, 1.82) is 5.26 Å². The van der Waals surface area contributed by atoms with Crippen LogP contribution in [0.3, 0.4) is 0 Å². The number of benzene rings is 1. The van der Waals surface area contributed by atoms with Crippen molar-refractivity contribution < 1.29 is 9.53 Å². The fraction of sp³-hybridized carbons (Fsp3) is 0.500. The van der Waals surface area contributed by atoms with Gasteiger partial charge in [0, 0.05) is 5.69 Å². The van der Waals surface area contributed by atoms with Crippen molar-refractivity contribution in [3.8, 4) is 11.8 Å². The Morgan fingerprint density at radius 1 is 1.30 bits per heavy atom. The maximum Gasteiger partial charge on any atom is 0.244 e. The molecule has 0 aliphatic heterocycles. The largest absolute Gasteiger partial charge is 0.491 e. The lowest BCUT2D eigenvalue weighted by Gasteiger charge is -2.22. The topological polar surface area (TPSA) is 62.1 Å². The predicted molar refractivity (Wildman–Crippen MR) is 79.5 cm³/mol. The van der Waals surface area contributed by atoms with Gasteiger partial charge in [0.15, 0.2) is 0 Å². The highest BCUT2D eigenvalue weighted by atomic mass is 16.5. The number of hydrogen-bond acceptors (Lipinski definition) is 3. The van der Waals surface area contributed by atoms with Gasteiger partial charge in [0.2, 0.25) is 5.91 Å². The van der Waals surface area contributed by atoms with Gasteiger partial charge >= 0.3 is 0 Å². The third-order valence-corrected chi connectivity index (χ3v) is 3.34. The molecule has 0 fully saturated rings. The van der Waals surface area contributed by atoms with Crippen LogP contribution in [-0.4, -0.2) is 12.0 Å². The second-order valence-electron chi connectivity index (χ2n) is 5.05. The highest BCUT2D eigenvalue weighted by molar-refractivity contribution is 5.97. The SMILES string of the molecule is CCC(C#N)(CC)C(=O)Nc1ccc(OC(C)C)cc1. The van der Waals surface area contributed by atoms with Crippen LogP contribution in [0.4, 0.5) is 5.69 Å². The van der Waals surface area contributed by atoms with E-state index in [4.69, 9.17) is 4.74 Å². The number of rotatable bonds is 6. The van der Waals surface area contributed by atoms with Crippen LogP contribution in [0.1, 0.15) is 40.5 Å². The summed E-state index contributed by atoms with van der Waals surface area (Å²) in [6.07, 6.45) is 1.11. The molecule has 0 bridgehead atoms. The van der Waals surface area contributed by atoms with Gasteiger partial charge in [-0.25, -0.2) is 0 Å². The average Bonchev–Trinajstić information content (AvgIpc) is 2.43. The zero-order valence-electron chi connectivity index (χ0n) is 12.6. The van der Waals surface area contributed by atoms with Crippen molar-refractivity contribution in [2.75, 3.05) is 5.32 Å². The van der Waals surface area contributed by atoms with Crippen LogP contribution in [0.15, 0.2) is 24.3 Å². The molecule has 108 valence electrons. The summed E-state index contributed by atoms with van der Waals surface area (Å²) < 4.78 is 5.54. The molecule has 1 amide bonds. The minimum atomic E-state index is -0.951. The second-order valence-corrected chi connectivity index (χ2v) is 5.05. The Morgan fingerprint density at radius 3 is 2.25 bits per heavy atom. The third kappa shape index (κ3) is 3.74. The van der Waals surface area contributed by atoms with Crippen molar-refractivity contribution in [1.82, 2.24) is 0 Å². The normalized spacial score (nSPS) is 11.0. The van der Waals surface area contributed by atoms with Crippen LogP contribution in [-0.2, 0) is 4.79 Å². The van der Waals surface area contributed by atoms with Crippen LogP contribution in [0.5, 0.6) is 5.75 Å². The van der Waals surface area contributed by atoms with Crippen LogP contribution in [0.25, 0.3) is 0 Å². The molecule has 0 spiro atoms. The molecule has 1 N–H and O–H groups in total. The van der Waals surface area contributed by atoms with Crippen molar-refractivity contribution in [2.45, 2.75) is 46.6 Å². The van der Waals surface area contributed by atoms with E-state index in [0.717, 1.165) is 5.75 Å². The highest BCUT2D eigenvalue weighted by Crippen LogP contribution is 2.27. The smallest absolute Gasteiger partial charge is 0.244 e. The lowest BCUT2D eigenvalue weighted by molar-refractivity contribution is -0.123. The molecule has 0 aromatic heterocycles. The van der Waals surface area contributed by atoms with Crippen molar-refractivity contribution in [3.63, 3.8) is 0 Å². The molecule has 1 rings (SSSR count). The summed E-state index contributed by atoms with van der Waals surface area (Å²) in [7, 11) is 0. The number of nitrogens with one attached hydrogen (secondary N) is 1. The summed E-state index contributed by atoms with van der Waals surface area (Å²) in [5.74, 6) is 0.512. The molecule has 0 atom stereocenters. The number of anilines is 1. The molecule has 0 unspecified atom stereocenters. The van der Waals surface area contributed by atoms with Gasteiger partial charge in [-0.3, -0.25) is 4.79 Å². The summed E-state index contributed by atoms with van der Waals surface area (Å²) >= 11 is 0. The standard InChI is InChI=1S/C16H22N2O2/c1-5-16(6-2,11-17)15(19)18-13-7-9-14(10-8-13)20-12(3)4/h7-10,12H,5-6H2,1-4H3,(H,18,19). The van der Waals surface area contributed by atoms with Crippen molar-refractivity contribution in [3.05, 3.63) is 24.3 Å². The minimum absolute atomic E-state index is 0.113.